The van der Waals surface area contributed by atoms with Crippen molar-refractivity contribution in [2.24, 2.45) is 5.92 Å². The first kappa shape index (κ1) is 26.4. The third kappa shape index (κ3) is 4.39. The Kier molecular flexibility index (Phi) is 6.78. The highest BCUT2D eigenvalue weighted by molar-refractivity contribution is 6.11. The molecule has 1 unspecified atom stereocenters. The van der Waals surface area contributed by atoms with Gasteiger partial charge < -0.3 is 9.13 Å². The van der Waals surface area contributed by atoms with E-state index in [4.69, 9.17) is 6.42 Å². The van der Waals surface area contributed by atoms with Gasteiger partial charge in [0.1, 0.15) is 0 Å². The molecule has 6 aromatic rings. The van der Waals surface area contributed by atoms with Crippen LogP contribution in [0.25, 0.3) is 49.3 Å². The largest absolute Gasteiger partial charge is 0.337 e. The molecule has 4 aromatic carbocycles. The number of terminal acetylenes is 1. The van der Waals surface area contributed by atoms with Crippen molar-refractivity contribution in [2.45, 2.75) is 26.3 Å². The minimum absolute atomic E-state index is 0.121. The minimum Gasteiger partial charge on any atom is -0.337 e. The molecule has 1 atom stereocenters. The fourth-order valence-electron chi connectivity index (χ4n) is 6.76. The zero-order valence-electron chi connectivity index (χ0n) is 24.2. The van der Waals surface area contributed by atoms with Crippen LogP contribution in [-0.4, -0.2) is 9.13 Å². The van der Waals surface area contributed by atoms with Crippen molar-refractivity contribution >= 4 is 49.3 Å². The Morgan fingerprint density at radius 2 is 1.33 bits per heavy atom. The van der Waals surface area contributed by atoms with Crippen molar-refractivity contribution in [2.75, 3.05) is 0 Å². The normalized spacial score (nSPS) is 15.0. The highest BCUT2D eigenvalue weighted by Crippen LogP contribution is 2.41. The van der Waals surface area contributed by atoms with Gasteiger partial charge in [-0.25, -0.2) is 0 Å². The number of hydrogen-bond acceptors (Lipinski definition) is 1. The summed E-state index contributed by atoms with van der Waals surface area (Å²) < 4.78 is 4.66. The van der Waals surface area contributed by atoms with Crippen LogP contribution in [0.3, 0.4) is 0 Å². The lowest BCUT2D eigenvalue weighted by molar-refractivity contribution is 0.806. The number of nitriles is 1. The fourth-order valence-corrected chi connectivity index (χ4v) is 6.76. The predicted octanol–water partition coefficient (Wildman–Crippen LogP) is 9.81. The summed E-state index contributed by atoms with van der Waals surface area (Å²) in [5, 5.41) is 15.2. The van der Waals surface area contributed by atoms with Gasteiger partial charge in [-0.2, -0.15) is 5.26 Å². The highest BCUT2D eigenvalue weighted by atomic mass is 15.0. The van der Waals surface area contributed by atoms with Crippen molar-refractivity contribution < 1.29 is 0 Å². The maximum atomic E-state index is 10.3. The average Bonchev–Trinajstić information content (AvgIpc) is 3.57. The van der Waals surface area contributed by atoms with Gasteiger partial charge in [-0.05, 0) is 42.7 Å². The molecule has 0 N–H and O–H groups in total. The molecule has 3 heteroatoms. The standard InChI is InChI=1S/C40H31N3/c1-3-29(15-12-13-26-42-35-21-8-4-17-31(35)32-18-5-9-22-36(32)42)28(2)40-30(27-41)16-14-25-39(40)43-37-23-10-6-19-33(37)34-20-7-11-24-38(34)43/h1,4-13,15,17-25,28H,14,16,26H2,2H3/b13-12-,29-15-. The summed E-state index contributed by atoms with van der Waals surface area (Å²) in [5.41, 5.74) is 8.44. The van der Waals surface area contributed by atoms with Gasteiger partial charge in [0, 0.05) is 61.9 Å². The molecule has 0 radical (unpaired) electrons. The molecule has 0 saturated carbocycles. The molecule has 7 rings (SSSR count). The zero-order valence-corrected chi connectivity index (χ0v) is 24.2. The smallest absolute Gasteiger partial charge is 0.0951 e. The van der Waals surface area contributed by atoms with Gasteiger partial charge in [0.15, 0.2) is 0 Å². The van der Waals surface area contributed by atoms with E-state index in [1.165, 1.54) is 32.6 Å². The van der Waals surface area contributed by atoms with Gasteiger partial charge in [0.25, 0.3) is 0 Å². The summed E-state index contributed by atoms with van der Waals surface area (Å²) in [6, 6.07) is 36.6. The Morgan fingerprint density at radius 3 is 1.86 bits per heavy atom. The Balaban J connectivity index is 1.26. The van der Waals surface area contributed by atoms with E-state index in [9.17, 15) is 5.26 Å². The van der Waals surface area contributed by atoms with Gasteiger partial charge in [-0.1, -0.05) is 110 Å². The van der Waals surface area contributed by atoms with Crippen LogP contribution < -0.4 is 0 Å². The summed E-state index contributed by atoms with van der Waals surface area (Å²) in [6.45, 7) is 2.86. The lowest BCUT2D eigenvalue weighted by Crippen LogP contribution is -2.14. The van der Waals surface area contributed by atoms with Gasteiger partial charge in [0.2, 0.25) is 0 Å². The van der Waals surface area contributed by atoms with Gasteiger partial charge in [-0.15, -0.1) is 6.42 Å². The van der Waals surface area contributed by atoms with E-state index in [0.29, 0.717) is 0 Å². The average molecular weight is 554 g/mol. The number of para-hydroxylation sites is 4. The zero-order chi connectivity index (χ0) is 29.3. The Morgan fingerprint density at radius 1 is 0.814 bits per heavy atom. The van der Waals surface area contributed by atoms with Crippen LogP contribution in [0.1, 0.15) is 19.8 Å². The van der Waals surface area contributed by atoms with Gasteiger partial charge >= 0.3 is 0 Å². The predicted molar refractivity (Wildman–Crippen MR) is 180 cm³/mol. The monoisotopic (exact) mass is 553 g/mol. The first-order valence-corrected chi connectivity index (χ1v) is 14.8. The fraction of sp³-hybridized carbons (Fsp3) is 0.125. The Hall–Kier alpha value is -5.51. The molecule has 2 heterocycles. The number of benzene rings is 4. The summed E-state index contributed by atoms with van der Waals surface area (Å²) in [5.74, 6) is 2.84. The first-order chi connectivity index (χ1) is 21.2. The van der Waals surface area contributed by atoms with Crippen LogP contribution in [0.15, 0.2) is 138 Å². The second-order valence-electron chi connectivity index (χ2n) is 11.1. The summed E-state index contributed by atoms with van der Waals surface area (Å²) in [7, 11) is 0. The third-order valence-electron chi connectivity index (χ3n) is 8.73. The number of allylic oxidation sites excluding steroid dienone is 8. The van der Waals surface area contributed by atoms with Gasteiger partial charge in [0.05, 0.1) is 17.1 Å². The number of aromatic nitrogens is 2. The molecule has 1 aliphatic carbocycles. The maximum absolute atomic E-state index is 10.3. The molecule has 0 amide bonds. The van der Waals surface area contributed by atoms with Crippen molar-refractivity contribution in [1.29, 1.82) is 5.26 Å². The number of hydrogen-bond donors (Lipinski definition) is 0. The van der Waals surface area contributed by atoms with E-state index in [0.717, 1.165) is 52.8 Å². The second kappa shape index (κ2) is 11.1. The minimum atomic E-state index is -0.121. The van der Waals surface area contributed by atoms with Gasteiger partial charge in [-0.3, -0.25) is 0 Å². The molecular weight excluding hydrogens is 522 g/mol. The molecular formula is C40H31N3. The summed E-state index contributed by atoms with van der Waals surface area (Å²) in [6.07, 6.45) is 16.2. The molecule has 2 aromatic heterocycles. The Bertz CT molecular complexity index is 2140. The number of nitrogens with zero attached hydrogens (tertiary/aromatic N) is 3. The molecule has 3 nitrogen and oxygen atoms in total. The van der Waals surface area contributed by atoms with Crippen LogP contribution in [0, 0.1) is 29.6 Å². The summed E-state index contributed by atoms with van der Waals surface area (Å²) in [4.78, 5) is 0. The highest BCUT2D eigenvalue weighted by Gasteiger charge is 2.26. The van der Waals surface area contributed by atoms with E-state index >= 15 is 0 Å². The second-order valence-corrected chi connectivity index (χ2v) is 11.1. The van der Waals surface area contributed by atoms with Crippen LogP contribution >= 0.6 is 0 Å². The number of fused-ring (bicyclic) bond motifs is 6. The van der Waals surface area contributed by atoms with Crippen molar-refractivity contribution in [3.8, 4) is 18.4 Å². The van der Waals surface area contributed by atoms with Crippen LogP contribution in [0.5, 0.6) is 0 Å². The van der Waals surface area contributed by atoms with Crippen LogP contribution in [0.4, 0.5) is 0 Å². The summed E-state index contributed by atoms with van der Waals surface area (Å²) >= 11 is 0. The van der Waals surface area contributed by atoms with E-state index < -0.39 is 0 Å². The van der Waals surface area contributed by atoms with Crippen molar-refractivity contribution in [3.63, 3.8) is 0 Å². The molecule has 0 bridgehead atoms. The van der Waals surface area contributed by atoms with E-state index in [-0.39, 0.29) is 5.92 Å². The molecule has 0 spiro atoms. The topological polar surface area (TPSA) is 33.6 Å². The van der Waals surface area contributed by atoms with Crippen LogP contribution in [-0.2, 0) is 6.54 Å². The lowest BCUT2D eigenvalue weighted by Gasteiger charge is -2.26. The molecule has 0 fully saturated rings. The maximum Gasteiger partial charge on any atom is 0.0951 e. The molecule has 1 aliphatic rings. The van der Waals surface area contributed by atoms with E-state index in [1.807, 2.05) is 6.08 Å². The Labute approximate surface area is 252 Å². The van der Waals surface area contributed by atoms with E-state index in [1.54, 1.807) is 0 Å². The third-order valence-corrected chi connectivity index (χ3v) is 8.73. The first-order valence-electron chi connectivity index (χ1n) is 14.8. The lowest BCUT2D eigenvalue weighted by atomic mass is 9.83. The van der Waals surface area contributed by atoms with Crippen molar-refractivity contribution in [3.05, 3.63) is 138 Å². The molecule has 0 saturated heterocycles. The SMILES string of the molecule is C#C/C(=C/C=C\Cn1c2ccccc2c2ccccc21)C(C)C1=C(C#N)CCC=C1n1c2ccccc2c2ccccc21. The van der Waals surface area contributed by atoms with E-state index in [2.05, 4.69) is 143 Å². The molecule has 206 valence electrons. The molecule has 0 aliphatic heterocycles. The quantitative estimate of drug-likeness (QED) is 0.149. The van der Waals surface area contributed by atoms with Crippen LogP contribution in [0.2, 0.25) is 0 Å². The number of rotatable bonds is 6. The molecule has 43 heavy (non-hydrogen) atoms. The van der Waals surface area contributed by atoms with Crippen molar-refractivity contribution in [1.82, 2.24) is 9.13 Å².